The van der Waals surface area contributed by atoms with Crippen LogP contribution in [0.1, 0.15) is 51.1 Å². The molecule has 3 aromatic carbocycles. The number of carbonyl (C=O) groups is 1. The van der Waals surface area contributed by atoms with Gasteiger partial charge < -0.3 is 55.5 Å². The summed E-state index contributed by atoms with van der Waals surface area (Å²) in [5.74, 6) is 1.03. The number of allylic oxidation sites excluding steroid dienone is 1. The standard InChI is InChI=1S/C43H36N11O4.Fe/c55-18-22-7-10-26-31(14-22)39-48-35(26)47-38-29-5-3-6-30(43(58)45-13-2-1-4-25-17-44-21-46-25)34(29)42(54-38)53-37-28-12-9-24(20-57)16-33(28)41(51-37)52-40-32-15-23(19-56)8-11-27(32)36(49-39)50-40;/h3,5-9,11-12,15-17,21,55-57H,1-2,4,10,13-14,18-20H2,(H3-,44,45,46,47,48,49,50,51,52,53,54,58);/q-1;+2/p-1. The predicted molar refractivity (Wildman–Crippen MR) is 215 cm³/mol. The molecule has 3 aliphatic rings. The van der Waals surface area contributed by atoms with Gasteiger partial charge in [-0.05, 0) is 88.9 Å². The molecule has 2 aliphatic heterocycles. The zero-order chi connectivity index (χ0) is 39.3. The van der Waals surface area contributed by atoms with Gasteiger partial charge >= 0.3 is 17.1 Å². The number of aliphatic hydroxyl groups is 3. The van der Waals surface area contributed by atoms with Crippen molar-refractivity contribution in [2.75, 3.05) is 13.2 Å². The molecule has 4 aromatic heterocycles. The second kappa shape index (κ2) is 15.7. The van der Waals surface area contributed by atoms with Crippen LogP contribution in [0.15, 0.2) is 78.8 Å². The Balaban J connectivity index is 0.00000449. The van der Waals surface area contributed by atoms with Crippen LogP contribution >= 0.6 is 0 Å². The van der Waals surface area contributed by atoms with Gasteiger partial charge in [0.25, 0.3) is 5.91 Å². The molecule has 0 unspecified atom stereocenters. The van der Waals surface area contributed by atoms with Gasteiger partial charge in [-0.15, -0.1) is 0 Å². The van der Waals surface area contributed by atoms with Crippen LogP contribution in [-0.4, -0.2) is 74.3 Å². The number of unbranched alkanes of at least 4 members (excludes halogenated alkanes) is 1. The Labute approximate surface area is 346 Å². The van der Waals surface area contributed by atoms with E-state index in [1.807, 2.05) is 48.5 Å². The average molecular weight is 826 g/mol. The van der Waals surface area contributed by atoms with E-state index in [9.17, 15) is 20.1 Å². The predicted octanol–water partition coefficient (Wildman–Crippen LogP) is 4.45. The fourth-order valence-corrected chi connectivity index (χ4v) is 7.79. The monoisotopic (exact) mass is 825 g/mol. The summed E-state index contributed by atoms with van der Waals surface area (Å²) in [6.45, 7) is -0.00225. The summed E-state index contributed by atoms with van der Waals surface area (Å²) in [6, 6.07) is 16.4. The first kappa shape index (κ1) is 38.1. The van der Waals surface area contributed by atoms with E-state index in [4.69, 9.17) is 39.9 Å². The SMILES string of the molecule is O=C(NCCCCc1cnc[nH]1)c1cccc2c1-c1nc-2nc2[n-]c(nc3nc(nc4[n-]c(n1)c1ccc(CO)cc41)-c1cc(CO)ccc1-3)c1c2CC=C(CO)C1.[Fe+2]. The van der Waals surface area contributed by atoms with Gasteiger partial charge in [-0.25, -0.2) is 15.0 Å². The molecule has 0 spiro atoms. The van der Waals surface area contributed by atoms with E-state index in [0.717, 1.165) is 41.7 Å². The Hall–Kier alpha value is -6.42. The second-order valence-electron chi connectivity index (χ2n) is 14.4. The molecule has 0 fully saturated rings. The maximum Gasteiger partial charge on any atom is 2.00 e. The molecule has 5 N–H and O–H groups in total. The van der Waals surface area contributed by atoms with Gasteiger partial charge in [0.15, 0.2) is 0 Å². The summed E-state index contributed by atoms with van der Waals surface area (Å²) in [5.41, 5.74) is 9.26. The molecule has 7 aromatic rings. The van der Waals surface area contributed by atoms with E-state index in [1.54, 1.807) is 24.7 Å². The maximum atomic E-state index is 14.0. The number of hydrogen-bond acceptors (Lipinski definition) is 11. The molecular formula is C43H35FeN11O4. The molecule has 8 bridgehead atoms. The second-order valence-corrected chi connectivity index (χ2v) is 14.4. The van der Waals surface area contributed by atoms with Crippen molar-refractivity contribution in [3.63, 3.8) is 0 Å². The third-order valence-corrected chi connectivity index (χ3v) is 10.8. The van der Waals surface area contributed by atoms with E-state index in [1.165, 1.54) is 0 Å². The Kier molecular flexibility index (Phi) is 10.2. The van der Waals surface area contributed by atoms with Crippen LogP contribution in [0.25, 0.3) is 78.9 Å². The van der Waals surface area contributed by atoms with Gasteiger partial charge in [-0.2, -0.15) is 0 Å². The summed E-state index contributed by atoms with van der Waals surface area (Å²) < 4.78 is 0. The Morgan fingerprint density at radius 2 is 1.42 bits per heavy atom. The van der Waals surface area contributed by atoms with Crippen molar-refractivity contribution in [3.8, 4) is 45.6 Å². The molecule has 1 amide bonds. The van der Waals surface area contributed by atoms with Crippen molar-refractivity contribution >= 4 is 39.3 Å². The Morgan fingerprint density at radius 3 is 2.24 bits per heavy atom. The first-order valence-electron chi connectivity index (χ1n) is 19.1. The molecule has 1 aliphatic carbocycles. The number of fused-ring (bicyclic) bond motifs is 20. The Morgan fingerprint density at radius 1 is 0.712 bits per heavy atom. The van der Waals surface area contributed by atoms with Gasteiger partial charge in [0.05, 0.1) is 49.4 Å². The zero-order valence-corrected chi connectivity index (χ0v) is 32.5. The largest absolute Gasteiger partial charge is 2.00 e. The summed E-state index contributed by atoms with van der Waals surface area (Å²) in [6.07, 6.45) is 8.83. The zero-order valence-electron chi connectivity index (χ0n) is 31.4. The first-order chi connectivity index (χ1) is 28.5. The number of imidazole rings is 1. The number of hydrogen-bond donors (Lipinski definition) is 5. The number of aliphatic hydroxyl groups excluding tert-OH is 3. The molecule has 6 heterocycles. The molecule has 16 heteroatoms. The van der Waals surface area contributed by atoms with E-state index in [0.29, 0.717) is 109 Å². The number of amides is 1. The smallest absolute Gasteiger partial charge is 0.392 e. The number of benzene rings is 3. The first-order valence-corrected chi connectivity index (χ1v) is 19.1. The number of nitrogens with zero attached hydrogens (tertiary/aromatic N) is 9. The number of aromatic nitrogens is 10. The molecule has 59 heavy (non-hydrogen) atoms. The number of H-pyrrole nitrogens is 1. The van der Waals surface area contributed by atoms with Gasteiger partial charge in [-0.1, -0.05) is 42.5 Å². The van der Waals surface area contributed by atoms with Crippen LogP contribution in [0, 0.1) is 0 Å². The van der Waals surface area contributed by atoms with E-state index >= 15 is 0 Å². The maximum absolute atomic E-state index is 14.0. The van der Waals surface area contributed by atoms with Gasteiger partial charge in [-0.3, -0.25) is 4.79 Å². The van der Waals surface area contributed by atoms with Crippen LogP contribution in [-0.2, 0) is 49.5 Å². The third-order valence-electron chi connectivity index (χ3n) is 10.8. The summed E-state index contributed by atoms with van der Waals surface area (Å²) in [7, 11) is 0. The van der Waals surface area contributed by atoms with Crippen LogP contribution in [0.3, 0.4) is 0 Å². The minimum atomic E-state index is -0.268. The average Bonchev–Trinajstić information content (AvgIpc) is 4.09. The number of aryl methyl sites for hydroxylation is 1. The molecule has 0 radical (unpaired) electrons. The Bertz CT molecular complexity index is 2990. The van der Waals surface area contributed by atoms with E-state index in [-0.39, 0.29) is 48.6 Å². The number of aromatic amines is 1. The van der Waals surface area contributed by atoms with Crippen LogP contribution in [0.2, 0.25) is 0 Å². The van der Waals surface area contributed by atoms with Crippen molar-refractivity contribution in [1.82, 2.24) is 55.2 Å². The van der Waals surface area contributed by atoms with Crippen LogP contribution in [0.4, 0.5) is 0 Å². The fourth-order valence-electron chi connectivity index (χ4n) is 7.79. The minimum absolute atomic E-state index is 0. The van der Waals surface area contributed by atoms with E-state index in [2.05, 4.69) is 15.3 Å². The molecule has 0 atom stereocenters. The molecule has 294 valence electrons. The molecule has 15 nitrogen and oxygen atoms in total. The third kappa shape index (κ3) is 6.90. The van der Waals surface area contributed by atoms with Crippen LogP contribution in [0.5, 0.6) is 0 Å². The van der Waals surface area contributed by atoms with Crippen molar-refractivity contribution in [2.45, 2.75) is 45.3 Å². The van der Waals surface area contributed by atoms with Gasteiger partial charge in [0.1, 0.15) is 0 Å². The van der Waals surface area contributed by atoms with Gasteiger partial charge in [0.2, 0.25) is 0 Å². The summed E-state index contributed by atoms with van der Waals surface area (Å²) in [5, 5.41) is 34.7. The van der Waals surface area contributed by atoms with Crippen LogP contribution < -0.4 is 15.3 Å². The quantitative estimate of drug-likeness (QED) is 0.0772. The van der Waals surface area contributed by atoms with Crippen molar-refractivity contribution < 1.29 is 37.2 Å². The van der Waals surface area contributed by atoms with Crippen molar-refractivity contribution in [1.29, 1.82) is 0 Å². The normalized spacial score (nSPS) is 12.7. The molecule has 0 saturated heterocycles. The molecule has 10 rings (SSSR count). The topological polar surface area (TPSA) is 224 Å². The number of nitrogens with one attached hydrogen (secondary N) is 2. The van der Waals surface area contributed by atoms with E-state index < -0.39 is 0 Å². The molecule has 0 saturated carbocycles. The summed E-state index contributed by atoms with van der Waals surface area (Å²) in [4.78, 5) is 61.0. The fraction of sp³-hybridized carbons (Fsp3) is 0.209. The summed E-state index contributed by atoms with van der Waals surface area (Å²) >= 11 is 0. The number of rotatable bonds is 9. The number of carbonyl (C=O) groups excluding carboxylic acids is 1. The molecular weight excluding hydrogens is 790 g/mol. The minimum Gasteiger partial charge on any atom is -0.392 e. The van der Waals surface area contributed by atoms with Crippen molar-refractivity contribution in [2.24, 2.45) is 0 Å². The van der Waals surface area contributed by atoms with Gasteiger partial charge in [0, 0.05) is 68.8 Å². The van der Waals surface area contributed by atoms with Crippen molar-refractivity contribution in [3.05, 3.63) is 112 Å².